The Labute approximate surface area is 120 Å². The Bertz CT molecular complexity index is 561. The fourth-order valence-electron chi connectivity index (χ4n) is 2.27. The highest BCUT2D eigenvalue weighted by molar-refractivity contribution is 7.89. The van der Waals surface area contributed by atoms with Gasteiger partial charge in [-0.15, -0.1) is 0 Å². The highest BCUT2D eigenvalue weighted by Crippen LogP contribution is 2.33. The van der Waals surface area contributed by atoms with Crippen LogP contribution >= 0.6 is 0 Å². The van der Waals surface area contributed by atoms with Crippen LogP contribution in [0, 0.1) is 5.92 Å². The molecule has 0 aromatic heterocycles. The van der Waals surface area contributed by atoms with E-state index < -0.39 is 15.6 Å². The van der Waals surface area contributed by atoms with Crippen LogP contribution in [0.3, 0.4) is 0 Å². The Morgan fingerprint density at radius 2 is 1.85 bits per heavy atom. The van der Waals surface area contributed by atoms with Crippen LogP contribution in [0.4, 0.5) is 5.69 Å². The third-order valence-electron chi connectivity index (χ3n) is 3.85. The summed E-state index contributed by atoms with van der Waals surface area (Å²) < 4.78 is 26.1. The molecular formula is C14H22N2O3S. The first-order valence-electron chi connectivity index (χ1n) is 6.85. The molecule has 1 aromatic rings. The molecule has 20 heavy (non-hydrogen) atoms. The smallest absolute Gasteiger partial charge is 0.240 e. The van der Waals surface area contributed by atoms with Gasteiger partial charge in [-0.25, -0.2) is 13.1 Å². The van der Waals surface area contributed by atoms with Crippen LogP contribution in [0.15, 0.2) is 29.2 Å². The molecule has 1 fully saturated rings. The van der Waals surface area contributed by atoms with Gasteiger partial charge in [0.15, 0.2) is 0 Å². The van der Waals surface area contributed by atoms with Crippen molar-refractivity contribution in [3.8, 4) is 0 Å². The van der Waals surface area contributed by atoms with Gasteiger partial charge in [0, 0.05) is 25.3 Å². The number of hydrogen-bond donors (Lipinski definition) is 2. The quantitative estimate of drug-likeness (QED) is 0.857. The van der Waals surface area contributed by atoms with E-state index in [2.05, 4.69) is 4.72 Å². The fraction of sp³-hybridized carbons (Fsp3) is 0.571. The van der Waals surface area contributed by atoms with Crippen molar-refractivity contribution in [2.75, 3.05) is 24.5 Å². The maximum atomic E-state index is 11.8. The van der Waals surface area contributed by atoms with Crippen molar-refractivity contribution in [3.05, 3.63) is 24.3 Å². The summed E-state index contributed by atoms with van der Waals surface area (Å²) in [7, 11) is -3.40. The number of aliphatic hydroxyl groups is 1. The molecule has 1 saturated heterocycles. The summed E-state index contributed by atoms with van der Waals surface area (Å²) >= 11 is 0. The number of benzene rings is 1. The molecule has 0 aliphatic carbocycles. The minimum Gasteiger partial charge on any atom is -0.386 e. The number of nitrogens with one attached hydrogen (secondary N) is 1. The molecule has 1 aliphatic rings. The van der Waals surface area contributed by atoms with E-state index in [9.17, 15) is 13.5 Å². The van der Waals surface area contributed by atoms with Gasteiger partial charge in [0.05, 0.1) is 4.90 Å². The Morgan fingerprint density at radius 3 is 2.30 bits per heavy atom. The van der Waals surface area contributed by atoms with Crippen molar-refractivity contribution in [1.29, 1.82) is 0 Å². The number of β-amino-alcohol motifs (C(OH)–C–C–N with tert-alkyl or cyclic N) is 1. The van der Waals surface area contributed by atoms with Crippen LogP contribution < -0.4 is 9.62 Å². The summed E-state index contributed by atoms with van der Waals surface area (Å²) in [4.78, 5) is 2.31. The molecule has 2 N–H and O–H groups in total. The maximum Gasteiger partial charge on any atom is 0.240 e. The first-order valence-corrected chi connectivity index (χ1v) is 8.34. The van der Waals surface area contributed by atoms with Gasteiger partial charge in [-0.1, -0.05) is 20.8 Å². The maximum absolute atomic E-state index is 11.8. The van der Waals surface area contributed by atoms with Gasteiger partial charge in [-0.05, 0) is 30.2 Å². The van der Waals surface area contributed by atoms with Gasteiger partial charge >= 0.3 is 0 Å². The highest BCUT2D eigenvalue weighted by Gasteiger charge is 2.43. The third-order valence-corrected chi connectivity index (χ3v) is 5.41. The van der Waals surface area contributed by atoms with Crippen molar-refractivity contribution in [2.45, 2.75) is 31.3 Å². The third kappa shape index (κ3) is 2.82. The van der Waals surface area contributed by atoms with Gasteiger partial charge in [-0.2, -0.15) is 0 Å². The van der Waals surface area contributed by atoms with Gasteiger partial charge in [0.25, 0.3) is 0 Å². The summed E-state index contributed by atoms with van der Waals surface area (Å²) in [5.41, 5.74) is 0.305. The van der Waals surface area contributed by atoms with E-state index >= 15 is 0 Å². The summed E-state index contributed by atoms with van der Waals surface area (Å²) in [5, 5.41) is 10.2. The zero-order chi connectivity index (χ0) is 15.0. The molecule has 112 valence electrons. The minimum absolute atomic E-state index is 0.215. The molecule has 5 nitrogen and oxygen atoms in total. The molecule has 1 aliphatic heterocycles. The van der Waals surface area contributed by atoms with E-state index in [-0.39, 0.29) is 10.8 Å². The summed E-state index contributed by atoms with van der Waals surface area (Å²) in [6.45, 7) is 7.30. The van der Waals surface area contributed by atoms with E-state index in [1.165, 1.54) is 0 Å². The second kappa shape index (κ2) is 5.35. The lowest BCUT2D eigenvalue weighted by Crippen LogP contribution is -2.64. The molecule has 0 spiro atoms. The van der Waals surface area contributed by atoms with Crippen LogP contribution in [0.5, 0.6) is 0 Å². The van der Waals surface area contributed by atoms with Crippen LogP contribution in [-0.2, 0) is 10.0 Å². The van der Waals surface area contributed by atoms with Crippen molar-refractivity contribution in [3.63, 3.8) is 0 Å². The lowest BCUT2D eigenvalue weighted by atomic mass is 9.83. The number of anilines is 1. The molecule has 0 atom stereocenters. The standard InChI is InChI=1S/C14H22N2O3S/c1-4-15-20(18,19)13-7-5-12(6-8-13)16-9-14(17,10-16)11(2)3/h5-8,11,15,17H,4,9-10H2,1-3H3. The van der Waals surface area contributed by atoms with Crippen molar-refractivity contribution >= 4 is 15.7 Å². The van der Waals surface area contributed by atoms with E-state index in [4.69, 9.17) is 0 Å². The minimum atomic E-state index is -3.40. The average molecular weight is 298 g/mol. The lowest BCUT2D eigenvalue weighted by molar-refractivity contribution is -0.0300. The first-order chi connectivity index (χ1) is 9.28. The summed E-state index contributed by atoms with van der Waals surface area (Å²) in [6.07, 6.45) is 0. The Balaban J connectivity index is 2.08. The van der Waals surface area contributed by atoms with E-state index in [1.54, 1.807) is 31.2 Å². The number of sulfonamides is 1. The lowest BCUT2D eigenvalue weighted by Gasteiger charge is -2.50. The van der Waals surface area contributed by atoms with Crippen molar-refractivity contribution in [2.24, 2.45) is 5.92 Å². The first kappa shape index (κ1) is 15.3. The molecule has 1 heterocycles. The molecular weight excluding hydrogens is 276 g/mol. The van der Waals surface area contributed by atoms with Gasteiger partial charge in [0.2, 0.25) is 10.0 Å². The zero-order valence-corrected chi connectivity index (χ0v) is 12.9. The van der Waals surface area contributed by atoms with Crippen LogP contribution in [0.2, 0.25) is 0 Å². The van der Waals surface area contributed by atoms with Gasteiger partial charge < -0.3 is 10.0 Å². The van der Waals surface area contributed by atoms with E-state index in [1.807, 2.05) is 18.7 Å². The highest BCUT2D eigenvalue weighted by atomic mass is 32.2. The van der Waals surface area contributed by atoms with E-state index in [0.29, 0.717) is 19.6 Å². The molecule has 0 amide bonds. The van der Waals surface area contributed by atoms with Crippen molar-refractivity contribution in [1.82, 2.24) is 4.72 Å². The molecule has 2 rings (SSSR count). The number of rotatable bonds is 5. The summed E-state index contributed by atoms with van der Waals surface area (Å²) in [5.74, 6) is 0.215. The Hall–Kier alpha value is -1.11. The predicted octanol–water partition coefficient (Wildman–Crippen LogP) is 1.19. The molecule has 0 unspecified atom stereocenters. The van der Waals surface area contributed by atoms with Crippen LogP contribution in [0.1, 0.15) is 20.8 Å². The fourth-order valence-corrected chi connectivity index (χ4v) is 3.31. The topological polar surface area (TPSA) is 69.6 Å². The van der Waals surface area contributed by atoms with Crippen LogP contribution in [0.25, 0.3) is 0 Å². The molecule has 0 bridgehead atoms. The Morgan fingerprint density at radius 1 is 1.30 bits per heavy atom. The second-order valence-electron chi connectivity index (χ2n) is 5.61. The van der Waals surface area contributed by atoms with Crippen LogP contribution in [-0.4, -0.2) is 38.8 Å². The number of nitrogens with zero attached hydrogens (tertiary/aromatic N) is 1. The summed E-state index contributed by atoms with van der Waals surface area (Å²) in [6, 6.07) is 6.76. The predicted molar refractivity (Wildman–Crippen MR) is 79.3 cm³/mol. The van der Waals surface area contributed by atoms with Gasteiger partial charge in [0.1, 0.15) is 5.60 Å². The molecule has 0 saturated carbocycles. The molecule has 6 heteroatoms. The Kier molecular flexibility index (Phi) is 4.09. The van der Waals surface area contributed by atoms with Crippen molar-refractivity contribution < 1.29 is 13.5 Å². The average Bonchev–Trinajstić information content (AvgIpc) is 2.35. The van der Waals surface area contributed by atoms with Gasteiger partial charge in [-0.3, -0.25) is 0 Å². The zero-order valence-electron chi connectivity index (χ0n) is 12.1. The SMILES string of the molecule is CCNS(=O)(=O)c1ccc(N2CC(O)(C(C)C)C2)cc1. The second-order valence-corrected chi connectivity index (χ2v) is 7.38. The number of hydrogen-bond acceptors (Lipinski definition) is 4. The monoisotopic (exact) mass is 298 g/mol. The molecule has 0 radical (unpaired) electrons. The normalized spacial score (nSPS) is 18.1. The molecule has 1 aromatic carbocycles. The largest absolute Gasteiger partial charge is 0.386 e. The van der Waals surface area contributed by atoms with E-state index in [0.717, 1.165) is 5.69 Å².